The minimum atomic E-state index is -4.56. The van der Waals surface area contributed by atoms with Crippen molar-refractivity contribution in [3.63, 3.8) is 0 Å². The molecule has 0 aromatic rings. The van der Waals surface area contributed by atoms with E-state index in [1.165, 1.54) is 0 Å². The van der Waals surface area contributed by atoms with Crippen molar-refractivity contribution in [1.29, 1.82) is 0 Å². The zero-order valence-electron chi connectivity index (χ0n) is 9.05. The van der Waals surface area contributed by atoms with Gasteiger partial charge in [-0.05, 0) is 12.3 Å². The predicted octanol–water partition coefficient (Wildman–Crippen LogP) is 2.30. The van der Waals surface area contributed by atoms with Crippen molar-refractivity contribution in [2.75, 3.05) is 13.2 Å². The summed E-state index contributed by atoms with van der Waals surface area (Å²) in [6.07, 6.45) is -3.66. The van der Waals surface area contributed by atoms with Crippen LogP contribution in [0.15, 0.2) is 0 Å². The molecular formula is C10H15F3O3. The van der Waals surface area contributed by atoms with E-state index in [4.69, 9.17) is 4.74 Å². The third-order valence-corrected chi connectivity index (χ3v) is 2.31. The Morgan fingerprint density at radius 2 is 2.06 bits per heavy atom. The Hall–Kier alpha value is -0.780. The molecule has 0 amide bonds. The fourth-order valence-corrected chi connectivity index (χ4v) is 1.24. The number of alkyl halides is 3. The minimum Gasteiger partial charge on any atom is -0.450 e. The molecule has 6 heteroatoms. The highest BCUT2D eigenvalue weighted by Crippen LogP contribution is 2.32. The highest BCUT2D eigenvalue weighted by atomic mass is 19.4. The van der Waals surface area contributed by atoms with Gasteiger partial charge >= 0.3 is 12.1 Å². The van der Waals surface area contributed by atoms with E-state index in [0.717, 1.165) is 26.2 Å². The van der Waals surface area contributed by atoms with Crippen molar-refractivity contribution in [2.24, 2.45) is 5.92 Å². The average Bonchev–Trinajstić information content (AvgIpc) is 2.91. The highest BCUT2D eigenvalue weighted by molar-refractivity contribution is 5.66. The molecule has 0 aromatic carbocycles. The third-order valence-electron chi connectivity index (χ3n) is 2.31. The van der Waals surface area contributed by atoms with Crippen LogP contribution in [0.3, 0.4) is 0 Å². The molecule has 0 bridgehead atoms. The molecule has 0 saturated heterocycles. The summed E-state index contributed by atoms with van der Waals surface area (Å²) >= 11 is 0. The summed E-state index contributed by atoms with van der Waals surface area (Å²) in [6.45, 7) is 0.622. The highest BCUT2D eigenvalue weighted by Gasteiger charge is 2.42. The van der Waals surface area contributed by atoms with Crippen LogP contribution < -0.4 is 0 Å². The maximum Gasteiger partial charge on any atom is 0.427 e. The molecular weight excluding hydrogens is 225 g/mol. The Morgan fingerprint density at radius 3 is 2.50 bits per heavy atom. The number of halogens is 3. The predicted molar refractivity (Wildman–Crippen MR) is 49.8 cm³/mol. The Kier molecular flexibility index (Phi) is 4.58. The normalized spacial score (nSPS) is 18.2. The maximum atomic E-state index is 12.3. The Morgan fingerprint density at radius 1 is 1.44 bits per heavy atom. The van der Waals surface area contributed by atoms with Crippen LogP contribution in [0.25, 0.3) is 0 Å². The molecule has 1 atom stereocenters. The second-order valence-electron chi connectivity index (χ2n) is 3.95. The topological polar surface area (TPSA) is 35.5 Å². The number of ether oxygens (including phenoxy) is 2. The van der Waals surface area contributed by atoms with Gasteiger partial charge in [-0.3, -0.25) is 4.79 Å². The van der Waals surface area contributed by atoms with E-state index in [-0.39, 0.29) is 0 Å². The fourth-order valence-electron chi connectivity index (χ4n) is 1.24. The molecule has 0 aliphatic heterocycles. The van der Waals surface area contributed by atoms with Gasteiger partial charge in [-0.1, -0.05) is 12.8 Å². The zero-order valence-corrected chi connectivity index (χ0v) is 9.05. The standard InChI is InChI=1S/C10H15F3O3/c1-7(14)16-9(10(11,12)13)6-15-5-4-8-2-3-8/h8-9H,2-6H2,1H3. The van der Waals surface area contributed by atoms with Gasteiger partial charge in [0.2, 0.25) is 6.10 Å². The van der Waals surface area contributed by atoms with Gasteiger partial charge in [0.05, 0.1) is 6.61 Å². The Balaban J connectivity index is 2.22. The summed E-state index contributed by atoms with van der Waals surface area (Å²) in [4.78, 5) is 10.5. The second kappa shape index (κ2) is 5.52. The molecule has 1 unspecified atom stereocenters. The molecule has 0 radical (unpaired) electrons. The second-order valence-corrected chi connectivity index (χ2v) is 3.95. The van der Waals surface area contributed by atoms with E-state index in [0.29, 0.717) is 12.5 Å². The van der Waals surface area contributed by atoms with E-state index >= 15 is 0 Å². The summed E-state index contributed by atoms with van der Waals surface area (Å²) < 4.78 is 46.0. The molecule has 0 spiro atoms. The van der Waals surface area contributed by atoms with Crippen molar-refractivity contribution in [3.05, 3.63) is 0 Å². The molecule has 0 N–H and O–H groups in total. The quantitative estimate of drug-likeness (QED) is 0.528. The van der Waals surface area contributed by atoms with Crippen molar-refractivity contribution in [3.8, 4) is 0 Å². The van der Waals surface area contributed by atoms with E-state index in [1.807, 2.05) is 0 Å². The van der Waals surface area contributed by atoms with Crippen molar-refractivity contribution >= 4 is 5.97 Å². The number of rotatable bonds is 6. The molecule has 1 aliphatic carbocycles. The molecule has 3 nitrogen and oxygen atoms in total. The Bertz CT molecular complexity index is 236. The lowest BCUT2D eigenvalue weighted by Crippen LogP contribution is -2.37. The first-order chi connectivity index (χ1) is 7.39. The molecule has 1 fully saturated rings. The number of esters is 1. The SMILES string of the molecule is CC(=O)OC(COCCC1CC1)C(F)(F)F. The largest absolute Gasteiger partial charge is 0.450 e. The Labute approximate surface area is 91.9 Å². The third kappa shape index (κ3) is 5.34. The smallest absolute Gasteiger partial charge is 0.427 e. The summed E-state index contributed by atoms with van der Waals surface area (Å²) in [5, 5.41) is 0. The minimum absolute atomic E-state index is 0.290. The molecule has 1 aliphatic rings. The maximum absolute atomic E-state index is 12.3. The van der Waals surface area contributed by atoms with Gasteiger partial charge in [-0.2, -0.15) is 13.2 Å². The molecule has 0 aromatic heterocycles. The van der Waals surface area contributed by atoms with Crippen LogP contribution in [0, 0.1) is 5.92 Å². The molecule has 0 heterocycles. The van der Waals surface area contributed by atoms with Crippen LogP contribution in [0.1, 0.15) is 26.2 Å². The molecule has 1 saturated carbocycles. The summed E-state index contributed by atoms with van der Waals surface area (Å²) in [6, 6.07) is 0. The van der Waals surface area contributed by atoms with Gasteiger partial charge in [0.15, 0.2) is 0 Å². The number of carbonyl (C=O) groups is 1. The molecule has 94 valence electrons. The van der Waals surface area contributed by atoms with Crippen LogP contribution in [0.4, 0.5) is 13.2 Å². The monoisotopic (exact) mass is 240 g/mol. The molecule has 16 heavy (non-hydrogen) atoms. The lowest BCUT2D eigenvalue weighted by atomic mass is 10.3. The van der Waals surface area contributed by atoms with Gasteiger partial charge in [-0.25, -0.2) is 0 Å². The number of carbonyl (C=O) groups excluding carboxylic acids is 1. The average molecular weight is 240 g/mol. The van der Waals surface area contributed by atoms with E-state index in [9.17, 15) is 18.0 Å². The van der Waals surface area contributed by atoms with Crippen molar-refractivity contribution in [1.82, 2.24) is 0 Å². The van der Waals surface area contributed by atoms with Gasteiger partial charge in [0.1, 0.15) is 0 Å². The number of hydrogen-bond donors (Lipinski definition) is 0. The summed E-state index contributed by atoms with van der Waals surface area (Å²) in [7, 11) is 0. The van der Waals surface area contributed by atoms with Crippen molar-refractivity contribution < 1.29 is 27.4 Å². The summed E-state index contributed by atoms with van der Waals surface area (Å²) in [5.74, 6) is -0.341. The number of hydrogen-bond acceptors (Lipinski definition) is 3. The van der Waals surface area contributed by atoms with Crippen LogP contribution in [-0.2, 0) is 14.3 Å². The van der Waals surface area contributed by atoms with E-state index in [2.05, 4.69) is 4.74 Å². The first kappa shape index (κ1) is 13.3. The first-order valence-electron chi connectivity index (χ1n) is 5.21. The molecule has 1 rings (SSSR count). The van der Waals surface area contributed by atoms with Crippen LogP contribution in [0.2, 0.25) is 0 Å². The van der Waals surface area contributed by atoms with Gasteiger partial charge in [0, 0.05) is 13.5 Å². The lowest BCUT2D eigenvalue weighted by molar-refractivity contribution is -0.231. The van der Waals surface area contributed by atoms with Crippen molar-refractivity contribution in [2.45, 2.75) is 38.5 Å². The summed E-state index contributed by atoms with van der Waals surface area (Å²) in [5.41, 5.74) is 0. The van der Waals surface area contributed by atoms with Crippen LogP contribution in [-0.4, -0.2) is 31.5 Å². The zero-order chi connectivity index (χ0) is 12.2. The van der Waals surface area contributed by atoms with E-state index < -0.39 is 24.9 Å². The lowest BCUT2D eigenvalue weighted by Gasteiger charge is -2.19. The van der Waals surface area contributed by atoms with Crippen LogP contribution in [0.5, 0.6) is 0 Å². The van der Waals surface area contributed by atoms with Gasteiger partial charge in [0.25, 0.3) is 0 Å². The van der Waals surface area contributed by atoms with Crippen LogP contribution >= 0.6 is 0 Å². The van der Waals surface area contributed by atoms with Gasteiger partial charge in [-0.15, -0.1) is 0 Å². The van der Waals surface area contributed by atoms with E-state index in [1.54, 1.807) is 0 Å². The first-order valence-corrected chi connectivity index (χ1v) is 5.21. The fraction of sp³-hybridized carbons (Fsp3) is 0.900. The van der Waals surface area contributed by atoms with Gasteiger partial charge < -0.3 is 9.47 Å².